The number of anilines is 1. The van der Waals surface area contributed by atoms with Crippen molar-refractivity contribution in [2.75, 3.05) is 33.8 Å². The van der Waals surface area contributed by atoms with E-state index in [1.165, 1.54) is 41.2 Å². The maximum absolute atomic E-state index is 13.7. The van der Waals surface area contributed by atoms with Crippen LogP contribution in [-0.2, 0) is 25.5 Å². The summed E-state index contributed by atoms with van der Waals surface area (Å²) < 4.78 is 21.8. The van der Waals surface area contributed by atoms with Gasteiger partial charge in [-0.2, -0.15) is 0 Å². The lowest BCUT2D eigenvalue weighted by Gasteiger charge is -2.25. The average Bonchev–Trinajstić information content (AvgIpc) is 3.21. The molecule has 0 fully saturated rings. The van der Waals surface area contributed by atoms with Crippen LogP contribution in [0.25, 0.3) is 11.1 Å². The first-order valence-electron chi connectivity index (χ1n) is 13.9. The van der Waals surface area contributed by atoms with E-state index in [4.69, 9.17) is 18.9 Å². The molecule has 0 saturated carbocycles. The number of ether oxygens (including phenoxy) is 4. The predicted molar refractivity (Wildman–Crippen MR) is 159 cm³/mol. The van der Waals surface area contributed by atoms with Crippen LogP contribution >= 0.6 is 0 Å². The van der Waals surface area contributed by atoms with Crippen molar-refractivity contribution in [2.45, 2.75) is 65.1 Å². The van der Waals surface area contributed by atoms with Gasteiger partial charge in [0.05, 0.1) is 40.2 Å². The molecule has 0 spiro atoms. The SMILES string of the molecule is CC[C@H](C)[C@H](Nc1ccc2c(cc1=O)[C@@H](NC(C)=O)CCc1cc(OC)c(OC)c(OC)c1-2)C(=O)N[C@@H](C)C(=O)OC. The highest BCUT2D eigenvalue weighted by Crippen LogP contribution is 2.50. The molecule has 0 saturated heterocycles. The molecule has 1 aliphatic rings. The predicted octanol–water partition coefficient (Wildman–Crippen LogP) is 3.37. The molecular weight excluding hydrogens is 542 g/mol. The van der Waals surface area contributed by atoms with E-state index in [-0.39, 0.29) is 22.9 Å². The Hall–Kier alpha value is -4.28. The minimum atomic E-state index is -0.861. The summed E-state index contributed by atoms with van der Waals surface area (Å²) in [7, 11) is 5.85. The first-order valence-corrected chi connectivity index (χ1v) is 13.9. The van der Waals surface area contributed by atoms with E-state index in [0.717, 1.165) is 11.1 Å². The van der Waals surface area contributed by atoms with Crippen LogP contribution in [0.4, 0.5) is 5.69 Å². The average molecular weight is 584 g/mol. The number of hydrogen-bond donors (Lipinski definition) is 3. The maximum atomic E-state index is 13.7. The quantitative estimate of drug-likeness (QED) is 0.340. The fourth-order valence-corrected chi connectivity index (χ4v) is 5.24. The first kappa shape index (κ1) is 32.2. The van der Waals surface area contributed by atoms with E-state index >= 15 is 0 Å². The Bertz CT molecular complexity index is 1390. The zero-order valence-electron chi connectivity index (χ0n) is 25.5. The zero-order valence-corrected chi connectivity index (χ0v) is 25.5. The molecule has 4 atom stereocenters. The standard InChI is InChI=1S/C31H41N3O8/c1-9-16(2)27(30(37)32-17(3)31(38)42-8)34-23-13-11-20-21(15-24(23)36)22(33-18(4)35)12-10-19-14-25(39-5)28(40-6)29(41-7)26(19)20/h11,13-17,22,27H,9-10,12H2,1-8H3,(H,32,37)(H,33,35)(H,34,36)/t16-,17-,22-,27-/m0/s1. The third-order valence-electron chi connectivity index (χ3n) is 7.64. The zero-order chi connectivity index (χ0) is 31.1. The van der Waals surface area contributed by atoms with Gasteiger partial charge in [0.25, 0.3) is 0 Å². The first-order chi connectivity index (χ1) is 20.0. The minimum Gasteiger partial charge on any atom is -0.493 e. The van der Waals surface area contributed by atoms with Crippen LogP contribution in [0.1, 0.15) is 57.7 Å². The summed E-state index contributed by atoms with van der Waals surface area (Å²) in [5.41, 5.74) is 2.74. The van der Waals surface area contributed by atoms with Crippen LogP contribution < -0.4 is 35.6 Å². The van der Waals surface area contributed by atoms with E-state index in [9.17, 15) is 19.2 Å². The fraction of sp³-hybridized carbons (Fsp3) is 0.484. The molecule has 2 aromatic carbocycles. The molecule has 3 N–H and O–H groups in total. The number of rotatable bonds is 11. The summed E-state index contributed by atoms with van der Waals surface area (Å²) in [6.45, 7) is 6.79. The van der Waals surface area contributed by atoms with Crippen molar-refractivity contribution in [1.82, 2.24) is 10.6 Å². The molecule has 11 nitrogen and oxygen atoms in total. The molecule has 2 aromatic rings. The normalized spacial score (nSPS) is 15.9. The number of methoxy groups -OCH3 is 4. The van der Waals surface area contributed by atoms with Gasteiger partial charge in [0, 0.05) is 12.5 Å². The van der Waals surface area contributed by atoms with Crippen LogP contribution in [0, 0.1) is 5.92 Å². The largest absolute Gasteiger partial charge is 0.493 e. The van der Waals surface area contributed by atoms with Crippen molar-refractivity contribution in [1.29, 1.82) is 0 Å². The molecule has 1 aliphatic carbocycles. The number of fused-ring (bicyclic) bond motifs is 3. The Kier molecular flexibility index (Phi) is 10.8. The van der Waals surface area contributed by atoms with E-state index in [1.54, 1.807) is 19.2 Å². The second kappa shape index (κ2) is 14.1. The molecule has 0 bridgehead atoms. The van der Waals surface area contributed by atoms with Gasteiger partial charge in [-0.1, -0.05) is 26.3 Å². The Morgan fingerprint density at radius 3 is 2.26 bits per heavy atom. The number of nitrogens with one attached hydrogen (secondary N) is 3. The summed E-state index contributed by atoms with van der Waals surface area (Å²) in [6, 6.07) is 4.65. The van der Waals surface area contributed by atoms with Gasteiger partial charge in [-0.3, -0.25) is 14.4 Å². The Balaban J connectivity index is 2.22. The number of hydrogen-bond acceptors (Lipinski definition) is 9. The van der Waals surface area contributed by atoms with Crippen molar-refractivity contribution in [3.05, 3.63) is 45.6 Å². The number of benzene rings is 1. The van der Waals surface area contributed by atoms with Crippen molar-refractivity contribution in [2.24, 2.45) is 5.92 Å². The second-order valence-electron chi connectivity index (χ2n) is 10.4. The van der Waals surface area contributed by atoms with Crippen LogP contribution in [0.15, 0.2) is 29.1 Å². The van der Waals surface area contributed by atoms with Gasteiger partial charge in [0.15, 0.2) is 11.5 Å². The Morgan fingerprint density at radius 2 is 1.69 bits per heavy atom. The molecule has 0 aromatic heterocycles. The van der Waals surface area contributed by atoms with E-state index in [1.807, 2.05) is 19.9 Å². The highest BCUT2D eigenvalue weighted by molar-refractivity contribution is 5.89. The lowest BCUT2D eigenvalue weighted by atomic mass is 9.95. The topological polar surface area (TPSA) is 141 Å². The molecule has 0 heterocycles. The summed E-state index contributed by atoms with van der Waals surface area (Å²) in [5.74, 6) is -0.0688. The van der Waals surface area contributed by atoms with Crippen molar-refractivity contribution >= 4 is 23.5 Å². The third-order valence-corrected chi connectivity index (χ3v) is 7.64. The fourth-order valence-electron chi connectivity index (χ4n) is 5.24. The monoisotopic (exact) mass is 583 g/mol. The molecule has 42 heavy (non-hydrogen) atoms. The summed E-state index contributed by atoms with van der Waals surface area (Å²) in [6.07, 6.45) is 1.73. The molecule has 2 amide bonds. The molecular formula is C31H41N3O8. The van der Waals surface area contributed by atoms with Gasteiger partial charge >= 0.3 is 5.97 Å². The Morgan fingerprint density at radius 1 is 1.00 bits per heavy atom. The third kappa shape index (κ3) is 6.78. The van der Waals surface area contributed by atoms with Crippen molar-refractivity contribution < 1.29 is 33.3 Å². The number of aryl methyl sites for hydroxylation is 1. The van der Waals surface area contributed by atoms with Crippen molar-refractivity contribution in [3.8, 4) is 28.4 Å². The lowest BCUT2D eigenvalue weighted by Crippen LogP contribution is -2.49. The van der Waals surface area contributed by atoms with Gasteiger partial charge in [0.2, 0.25) is 23.0 Å². The number of amides is 2. The van der Waals surface area contributed by atoms with Crippen LogP contribution in [0.3, 0.4) is 0 Å². The Labute approximate surface area is 246 Å². The van der Waals surface area contributed by atoms with Gasteiger partial charge < -0.3 is 34.9 Å². The number of carbonyl (C=O) groups excluding carboxylic acids is 3. The highest BCUT2D eigenvalue weighted by atomic mass is 16.5. The summed E-state index contributed by atoms with van der Waals surface area (Å²) >= 11 is 0. The van der Waals surface area contributed by atoms with Gasteiger partial charge in [-0.15, -0.1) is 0 Å². The van der Waals surface area contributed by atoms with Crippen LogP contribution in [0.2, 0.25) is 0 Å². The van der Waals surface area contributed by atoms with Crippen LogP contribution in [0.5, 0.6) is 17.2 Å². The van der Waals surface area contributed by atoms with Crippen molar-refractivity contribution in [3.63, 3.8) is 0 Å². The van der Waals surface area contributed by atoms with E-state index in [2.05, 4.69) is 16.0 Å². The van der Waals surface area contributed by atoms with E-state index in [0.29, 0.717) is 47.6 Å². The highest BCUT2D eigenvalue weighted by Gasteiger charge is 2.31. The van der Waals surface area contributed by atoms with Gasteiger partial charge in [0.1, 0.15) is 12.1 Å². The smallest absolute Gasteiger partial charge is 0.328 e. The molecule has 0 unspecified atom stereocenters. The summed E-state index contributed by atoms with van der Waals surface area (Å²) in [5, 5.41) is 8.78. The lowest BCUT2D eigenvalue weighted by molar-refractivity contribution is -0.144. The van der Waals surface area contributed by atoms with Crippen LogP contribution in [-0.4, -0.2) is 58.3 Å². The maximum Gasteiger partial charge on any atom is 0.328 e. The number of carbonyl (C=O) groups is 3. The molecule has 228 valence electrons. The molecule has 0 radical (unpaired) electrons. The van der Waals surface area contributed by atoms with E-state index < -0.39 is 30.0 Å². The number of esters is 1. The second-order valence-corrected chi connectivity index (χ2v) is 10.4. The molecule has 11 heteroatoms. The molecule has 0 aliphatic heterocycles. The van der Waals surface area contributed by atoms with Gasteiger partial charge in [-0.05, 0) is 60.6 Å². The summed E-state index contributed by atoms with van der Waals surface area (Å²) in [4.78, 5) is 51.1. The minimum absolute atomic E-state index is 0.178. The molecule has 3 rings (SSSR count). The van der Waals surface area contributed by atoms with Gasteiger partial charge in [-0.25, -0.2) is 4.79 Å².